The summed E-state index contributed by atoms with van der Waals surface area (Å²) >= 11 is 10.2. The highest BCUT2D eigenvalue weighted by molar-refractivity contribution is 9.10. The van der Waals surface area contributed by atoms with Crippen LogP contribution in [0.4, 0.5) is 11.4 Å². The molecule has 0 aromatic heterocycles. The average molecular weight is 447 g/mol. The maximum atomic E-state index is 12.8. The number of carbonyl (C=O) groups is 1. The van der Waals surface area contributed by atoms with Gasteiger partial charge in [0.25, 0.3) is 5.91 Å². The van der Waals surface area contributed by atoms with Crippen LogP contribution >= 0.6 is 39.9 Å². The van der Waals surface area contributed by atoms with Gasteiger partial charge in [-0.1, -0.05) is 52.0 Å². The Hall–Kier alpha value is -1.63. The van der Waals surface area contributed by atoms with Gasteiger partial charge in [-0.15, -0.1) is 0 Å². The van der Waals surface area contributed by atoms with Gasteiger partial charge in [0, 0.05) is 23.2 Å². The second-order valence-electron chi connectivity index (χ2n) is 5.76. The highest BCUT2D eigenvalue weighted by atomic mass is 79.9. The number of benzene rings is 2. The fourth-order valence-corrected chi connectivity index (χ4v) is 4.37. The smallest absolute Gasteiger partial charge is 0.270 e. The van der Waals surface area contributed by atoms with E-state index in [-0.39, 0.29) is 5.91 Å². The van der Waals surface area contributed by atoms with Crippen molar-refractivity contribution in [1.29, 1.82) is 0 Å². The van der Waals surface area contributed by atoms with Gasteiger partial charge in [-0.05, 0) is 61.9 Å². The first-order valence-corrected chi connectivity index (χ1v) is 10.4. The van der Waals surface area contributed by atoms with Crippen molar-refractivity contribution < 1.29 is 4.79 Å². The number of hydrogen-bond donors (Lipinski definition) is 0. The molecule has 2 aromatic carbocycles. The molecule has 0 radical (unpaired) electrons. The molecule has 0 atom stereocenters. The van der Waals surface area contributed by atoms with Gasteiger partial charge in [0.2, 0.25) is 0 Å². The van der Waals surface area contributed by atoms with Crippen LogP contribution in [0, 0.1) is 0 Å². The number of carbonyl (C=O) groups excluding carboxylic acids is 1. The number of amides is 1. The molecule has 0 spiro atoms. The van der Waals surface area contributed by atoms with Crippen molar-refractivity contribution in [2.75, 3.05) is 22.9 Å². The molecular formula is C20H19BrN2OS2. The topological polar surface area (TPSA) is 23.6 Å². The quantitative estimate of drug-likeness (QED) is 0.433. The predicted molar refractivity (Wildman–Crippen MR) is 120 cm³/mol. The molecule has 6 heteroatoms. The van der Waals surface area contributed by atoms with E-state index in [1.807, 2.05) is 54.6 Å². The SMILES string of the molecule is CCN(CC)c1ccc(N2C(=O)/C(=C\c3ccc(Br)cc3)SC2=S)cc1. The van der Waals surface area contributed by atoms with Gasteiger partial charge in [-0.3, -0.25) is 9.69 Å². The van der Waals surface area contributed by atoms with E-state index in [1.165, 1.54) is 11.8 Å². The number of thiocarbonyl (C=S) groups is 1. The van der Waals surface area contributed by atoms with Crippen molar-refractivity contribution in [1.82, 2.24) is 0 Å². The zero-order valence-electron chi connectivity index (χ0n) is 14.6. The third-order valence-corrected chi connectivity index (χ3v) is 6.03. The third-order valence-electron chi connectivity index (χ3n) is 4.20. The summed E-state index contributed by atoms with van der Waals surface area (Å²) in [6, 6.07) is 15.8. The summed E-state index contributed by atoms with van der Waals surface area (Å²) in [6.07, 6.45) is 1.88. The number of hydrogen-bond acceptors (Lipinski definition) is 4. The lowest BCUT2D eigenvalue weighted by molar-refractivity contribution is -0.113. The van der Waals surface area contributed by atoms with Crippen LogP contribution in [-0.4, -0.2) is 23.3 Å². The van der Waals surface area contributed by atoms with Gasteiger partial charge < -0.3 is 4.90 Å². The Kier molecular flexibility index (Phi) is 6.16. The predicted octanol–water partition coefficient (Wildman–Crippen LogP) is 5.70. The first-order valence-electron chi connectivity index (χ1n) is 8.42. The van der Waals surface area contributed by atoms with Crippen LogP contribution in [0.1, 0.15) is 19.4 Å². The zero-order chi connectivity index (χ0) is 18.7. The molecule has 2 aromatic rings. The standard InChI is InChI=1S/C20H19BrN2OS2/c1-3-22(4-2)16-9-11-17(12-10-16)23-19(24)18(26-20(23)25)13-14-5-7-15(21)8-6-14/h5-13H,3-4H2,1-2H3/b18-13+. The number of rotatable bonds is 5. The van der Waals surface area contributed by atoms with Crippen molar-refractivity contribution in [2.45, 2.75) is 13.8 Å². The Labute approximate surface area is 172 Å². The number of thioether (sulfide) groups is 1. The molecule has 0 bridgehead atoms. The molecule has 0 saturated carbocycles. The lowest BCUT2D eigenvalue weighted by Crippen LogP contribution is -2.27. The molecule has 0 unspecified atom stereocenters. The van der Waals surface area contributed by atoms with Gasteiger partial charge in [-0.25, -0.2) is 0 Å². The fourth-order valence-electron chi connectivity index (χ4n) is 2.80. The molecule has 26 heavy (non-hydrogen) atoms. The summed E-state index contributed by atoms with van der Waals surface area (Å²) < 4.78 is 1.57. The number of anilines is 2. The van der Waals surface area contributed by atoms with Crippen molar-refractivity contribution in [3.05, 3.63) is 63.5 Å². The fraction of sp³-hybridized carbons (Fsp3) is 0.200. The maximum absolute atomic E-state index is 12.8. The molecule has 1 fully saturated rings. The maximum Gasteiger partial charge on any atom is 0.270 e. The van der Waals surface area contributed by atoms with E-state index in [0.717, 1.165) is 34.5 Å². The number of halogens is 1. The minimum absolute atomic E-state index is 0.0708. The summed E-state index contributed by atoms with van der Waals surface area (Å²) in [5.74, 6) is -0.0708. The van der Waals surface area contributed by atoms with E-state index in [2.05, 4.69) is 34.7 Å². The minimum atomic E-state index is -0.0708. The average Bonchev–Trinajstić information content (AvgIpc) is 2.92. The largest absolute Gasteiger partial charge is 0.372 e. The van der Waals surface area contributed by atoms with Crippen LogP contribution in [0.15, 0.2) is 57.9 Å². The first kappa shape index (κ1) is 19.1. The third kappa shape index (κ3) is 4.03. The monoisotopic (exact) mass is 446 g/mol. The lowest BCUT2D eigenvalue weighted by atomic mass is 10.2. The van der Waals surface area contributed by atoms with Gasteiger partial charge >= 0.3 is 0 Å². The summed E-state index contributed by atoms with van der Waals surface area (Å²) in [7, 11) is 0. The number of nitrogens with zero attached hydrogens (tertiary/aromatic N) is 2. The highest BCUT2D eigenvalue weighted by Crippen LogP contribution is 2.36. The Morgan fingerprint density at radius 1 is 1.08 bits per heavy atom. The summed E-state index contributed by atoms with van der Waals surface area (Å²) in [4.78, 5) is 17.4. The molecule has 1 saturated heterocycles. The van der Waals surface area contributed by atoms with Crippen LogP contribution in [0.2, 0.25) is 0 Å². The Bertz CT molecular complexity index is 843. The minimum Gasteiger partial charge on any atom is -0.372 e. The van der Waals surface area contributed by atoms with Crippen molar-refractivity contribution in [3.8, 4) is 0 Å². The van der Waals surface area contributed by atoms with Gasteiger partial charge in [0.05, 0.1) is 10.6 Å². The van der Waals surface area contributed by atoms with Crippen LogP contribution in [0.3, 0.4) is 0 Å². The van der Waals surface area contributed by atoms with Crippen molar-refractivity contribution in [3.63, 3.8) is 0 Å². The normalized spacial score (nSPS) is 15.8. The molecule has 1 aliphatic heterocycles. The molecule has 134 valence electrons. The molecule has 1 aliphatic rings. The van der Waals surface area contributed by atoms with Crippen LogP contribution in [0.5, 0.6) is 0 Å². The molecule has 3 rings (SSSR count). The molecule has 0 N–H and O–H groups in total. The Morgan fingerprint density at radius 2 is 1.69 bits per heavy atom. The molecule has 1 amide bonds. The van der Waals surface area contributed by atoms with E-state index >= 15 is 0 Å². The van der Waals surface area contributed by atoms with Crippen molar-refractivity contribution >= 4 is 67.6 Å². The van der Waals surface area contributed by atoms with Gasteiger partial charge in [-0.2, -0.15) is 0 Å². The highest BCUT2D eigenvalue weighted by Gasteiger charge is 2.33. The Morgan fingerprint density at radius 3 is 2.27 bits per heavy atom. The zero-order valence-corrected chi connectivity index (χ0v) is 17.8. The first-order chi connectivity index (χ1) is 12.5. The molecule has 0 aliphatic carbocycles. The van der Waals surface area contributed by atoms with E-state index < -0.39 is 0 Å². The molecular weight excluding hydrogens is 428 g/mol. The van der Waals surface area contributed by atoms with Gasteiger partial charge in [0.1, 0.15) is 0 Å². The van der Waals surface area contributed by atoms with Crippen LogP contribution in [-0.2, 0) is 4.79 Å². The second kappa shape index (κ2) is 8.37. The Balaban J connectivity index is 1.84. The van der Waals surface area contributed by atoms with Crippen LogP contribution in [0.25, 0.3) is 6.08 Å². The summed E-state index contributed by atoms with van der Waals surface area (Å²) in [6.45, 7) is 6.17. The van der Waals surface area contributed by atoms with E-state index in [1.54, 1.807) is 4.90 Å². The van der Waals surface area contributed by atoms with Crippen molar-refractivity contribution in [2.24, 2.45) is 0 Å². The molecule has 1 heterocycles. The van der Waals surface area contributed by atoms with E-state index in [0.29, 0.717) is 9.23 Å². The van der Waals surface area contributed by atoms with Gasteiger partial charge in [0.15, 0.2) is 4.32 Å². The lowest BCUT2D eigenvalue weighted by Gasteiger charge is -2.22. The van der Waals surface area contributed by atoms with Crippen LogP contribution < -0.4 is 9.80 Å². The molecule has 3 nitrogen and oxygen atoms in total. The van der Waals surface area contributed by atoms with E-state index in [9.17, 15) is 4.79 Å². The summed E-state index contributed by atoms with van der Waals surface area (Å²) in [5.41, 5.74) is 2.93. The van der Waals surface area contributed by atoms with E-state index in [4.69, 9.17) is 12.2 Å². The summed E-state index contributed by atoms with van der Waals surface area (Å²) in [5, 5.41) is 0. The second-order valence-corrected chi connectivity index (χ2v) is 8.35.